The monoisotopic (exact) mass is 137 g/mol. The molecule has 0 heterocycles. The second-order valence-electron chi connectivity index (χ2n) is 3.06. The van der Waals surface area contributed by atoms with Gasteiger partial charge in [0.15, 0.2) is 0 Å². The molecule has 0 aromatic rings. The van der Waals surface area contributed by atoms with Crippen molar-refractivity contribution >= 4 is 0 Å². The third-order valence-corrected chi connectivity index (χ3v) is 2.14. The van der Waals surface area contributed by atoms with Crippen molar-refractivity contribution in [1.29, 1.82) is 0 Å². The first-order chi connectivity index (χ1) is 4.93. The lowest BCUT2D eigenvalue weighted by molar-refractivity contribution is 0.672. The molecule has 0 aliphatic heterocycles. The summed E-state index contributed by atoms with van der Waals surface area (Å²) in [5.41, 5.74) is 1.70. The van der Waals surface area contributed by atoms with E-state index in [1.165, 1.54) is 38.5 Å². The molecule has 0 aromatic heterocycles. The standard InChI is InChI=1S/C10H17/c1-2-3-7-10-8-5-4-6-9-10/h2,8H,3-7,9H2,1H3. The Bertz CT molecular complexity index is 111. The Morgan fingerprint density at radius 3 is 3.00 bits per heavy atom. The average molecular weight is 137 g/mol. The Kier molecular flexibility index (Phi) is 3.56. The van der Waals surface area contributed by atoms with Gasteiger partial charge in [-0.15, -0.1) is 0 Å². The third kappa shape index (κ3) is 2.55. The quantitative estimate of drug-likeness (QED) is 0.522. The molecular weight excluding hydrogens is 120 g/mol. The molecule has 0 saturated heterocycles. The zero-order valence-corrected chi connectivity index (χ0v) is 6.90. The van der Waals surface area contributed by atoms with Crippen molar-refractivity contribution in [2.24, 2.45) is 0 Å². The van der Waals surface area contributed by atoms with Crippen LogP contribution < -0.4 is 0 Å². The van der Waals surface area contributed by atoms with Gasteiger partial charge in [0.2, 0.25) is 0 Å². The largest absolute Gasteiger partial charge is 0.0853 e. The summed E-state index contributed by atoms with van der Waals surface area (Å²) in [6.45, 7) is 2.14. The summed E-state index contributed by atoms with van der Waals surface area (Å²) >= 11 is 0. The van der Waals surface area contributed by atoms with Gasteiger partial charge >= 0.3 is 0 Å². The van der Waals surface area contributed by atoms with E-state index in [1.54, 1.807) is 5.57 Å². The van der Waals surface area contributed by atoms with E-state index < -0.39 is 0 Å². The lowest BCUT2D eigenvalue weighted by Crippen LogP contribution is -1.91. The van der Waals surface area contributed by atoms with Gasteiger partial charge < -0.3 is 0 Å². The molecule has 0 N–H and O–H groups in total. The van der Waals surface area contributed by atoms with Crippen LogP contribution in [0.25, 0.3) is 0 Å². The Balaban J connectivity index is 2.18. The van der Waals surface area contributed by atoms with Gasteiger partial charge in [0.25, 0.3) is 0 Å². The van der Waals surface area contributed by atoms with E-state index in [1.807, 2.05) is 0 Å². The molecule has 0 spiro atoms. The smallest absolute Gasteiger partial charge is 0.0318 e. The Morgan fingerprint density at radius 2 is 2.40 bits per heavy atom. The Hall–Kier alpha value is -0.260. The van der Waals surface area contributed by atoms with Gasteiger partial charge in [0.05, 0.1) is 0 Å². The van der Waals surface area contributed by atoms with E-state index in [-0.39, 0.29) is 0 Å². The molecule has 1 rings (SSSR count). The predicted octanol–water partition coefficient (Wildman–Crippen LogP) is 3.49. The van der Waals surface area contributed by atoms with Crippen molar-refractivity contribution in [3.05, 3.63) is 18.1 Å². The van der Waals surface area contributed by atoms with E-state index in [9.17, 15) is 0 Å². The van der Waals surface area contributed by atoms with Gasteiger partial charge in [0, 0.05) is 0 Å². The van der Waals surface area contributed by atoms with Crippen LogP contribution in [-0.4, -0.2) is 0 Å². The van der Waals surface area contributed by atoms with Crippen molar-refractivity contribution in [2.75, 3.05) is 0 Å². The fraction of sp³-hybridized carbons (Fsp3) is 0.700. The van der Waals surface area contributed by atoms with E-state index in [2.05, 4.69) is 19.4 Å². The maximum absolute atomic E-state index is 2.44. The van der Waals surface area contributed by atoms with Crippen LogP contribution in [0.3, 0.4) is 0 Å². The summed E-state index contributed by atoms with van der Waals surface area (Å²) in [4.78, 5) is 0. The SMILES string of the molecule is C[CH]CCC1=CCCCC1. The lowest BCUT2D eigenvalue weighted by atomic mass is 9.96. The molecule has 0 fully saturated rings. The second kappa shape index (κ2) is 4.54. The Morgan fingerprint density at radius 1 is 1.50 bits per heavy atom. The maximum atomic E-state index is 2.44. The van der Waals surface area contributed by atoms with Crippen molar-refractivity contribution in [3.8, 4) is 0 Å². The topological polar surface area (TPSA) is 0 Å². The summed E-state index contributed by atoms with van der Waals surface area (Å²) in [5, 5.41) is 0. The molecule has 0 saturated carbocycles. The summed E-state index contributed by atoms with van der Waals surface area (Å²) in [7, 11) is 0. The molecule has 0 aromatic carbocycles. The van der Waals surface area contributed by atoms with Crippen LogP contribution in [0.4, 0.5) is 0 Å². The maximum Gasteiger partial charge on any atom is -0.0318 e. The zero-order valence-electron chi connectivity index (χ0n) is 6.90. The van der Waals surface area contributed by atoms with Crippen molar-refractivity contribution < 1.29 is 0 Å². The number of hydrogen-bond donors (Lipinski definition) is 0. The van der Waals surface area contributed by atoms with Gasteiger partial charge in [-0.1, -0.05) is 18.6 Å². The summed E-state index contributed by atoms with van der Waals surface area (Å²) in [6.07, 6.45) is 12.8. The van der Waals surface area contributed by atoms with Gasteiger partial charge in [-0.05, 0) is 44.9 Å². The first-order valence-electron chi connectivity index (χ1n) is 4.39. The van der Waals surface area contributed by atoms with E-state index in [0.717, 1.165) is 0 Å². The summed E-state index contributed by atoms with van der Waals surface area (Å²) < 4.78 is 0. The van der Waals surface area contributed by atoms with Crippen LogP contribution in [0.5, 0.6) is 0 Å². The normalized spacial score (nSPS) is 18.7. The lowest BCUT2D eigenvalue weighted by Gasteiger charge is -2.11. The molecule has 1 aliphatic carbocycles. The average Bonchev–Trinajstić information content (AvgIpc) is 2.03. The Labute approximate surface area is 64.3 Å². The molecule has 1 aliphatic rings. The molecule has 0 bridgehead atoms. The summed E-state index contributed by atoms with van der Waals surface area (Å²) in [5.74, 6) is 0. The van der Waals surface area contributed by atoms with Crippen LogP contribution >= 0.6 is 0 Å². The first kappa shape index (κ1) is 7.84. The second-order valence-corrected chi connectivity index (χ2v) is 3.06. The highest BCUT2D eigenvalue weighted by Gasteiger charge is 2.01. The van der Waals surface area contributed by atoms with Gasteiger partial charge in [-0.25, -0.2) is 0 Å². The number of unbranched alkanes of at least 4 members (excludes halogenated alkanes) is 1. The zero-order chi connectivity index (χ0) is 7.23. The minimum absolute atomic E-state index is 1.27. The molecule has 0 unspecified atom stereocenters. The minimum atomic E-state index is 1.27. The van der Waals surface area contributed by atoms with Gasteiger partial charge in [-0.3, -0.25) is 0 Å². The van der Waals surface area contributed by atoms with Crippen molar-refractivity contribution in [3.63, 3.8) is 0 Å². The first-order valence-corrected chi connectivity index (χ1v) is 4.39. The van der Waals surface area contributed by atoms with Crippen molar-refractivity contribution in [2.45, 2.75) is 45.4 Å². The molecule has 0 atom stereocenters. The molecule has 0 amide bonds. The van der Waals surface area contributed by atoms with Crippen LogP contribution in [-0.2, 0) is 0 Å². The van der Waals surface area contributed by atoms with Crippen LogP contribution in [0, 0.1) is 6.42 Å². The highest BCUT2D eigenvalue weighted by atomic mass is 14.1. The molecular formula is C10H17. The van der Waals surface area contributed by atoms with Crippen LogP contribution in [0.15, 0.2) is 11.6 Å². The van der Waals surface area contributed by atoms with Crippen LogP contribution in [0.1, 0.15) is 45.4 Å². The third-order valence-electron chi connectivity index (χ3n) is 2.14. The highest BCUT2D eigenvalue weighted by Crippen LogP contribution is 2.21. The summed E-state index contributed by atoms with van der Waals surface area (Å²) in [6, 6.07) is 0. The molecule has 10 heavy (non-hydrogen) atoms. The van der Waals surface area contributed by atoms with Gasteiger partial charge in [-0.2, -0.15) is 0 Å². The fourth-order valence-corrected chi connectivity index (χ4v) is 1.46. The molecule has 0 heteroatoms. The van der Waals surface area contributed by atoms with E-state index >= 15 is 0 Å². The number of allylic oxidation sites excluding steroid dienone is 2. The van der Waals surface area contributed by atoms with Crippen molar-refractivity contribution in [1.82, 2.24) is 0 Å². The van der Waals surface area contributed by atoms with E-state index in [0.29, 0.717) is 0 Å². The van der Waals surface area contributed by atoms with Gasteiger partial charge in [0.1, 0.15) is 0 Å². The predicted molar refractivity (Wildman–Crippen MR) is 45.8 cm³/mol. The fourth-order valence-electron chi connectivity index (χ4n) is 1.46. The highest BCUT2D eigenvalue weighted by molar-refractivity contribution is 5.05. The molecule has 0 nitrogen and oxygen atoms in total. The van der Waals surface area contributed by atoms with E-state index in [4.69, 9.17) is 0 Å². The van der Waals surface area contributed by atoms with Crippen LogP contribution in [0.2, 0.25) is 0 Å². The molecule has 1 radical (unpaired) electrons. The minimum Gasteiger partial charge on any atom is -0.0853 e. The number of rotatable bonds is 3. The molecule has 57 valence electrons. The number of hydrogen-bond acceptors (Lipinski definition) is 0.